The van der Waals surface area contributed by atoms with Gasteiger partial charge in [-0.25, -0.2) is 9.78 Å². The van der Waals surface area contributed by atoms with Crippen LogP contribution in [0.3, 0.4) is 0 Å². The van der Waals surface area contributed by atoms with Crippen LogP contribution in [0.25, 0.3) is 9.88 Å². The summed E-state index contributed by atoms with van der Waals surface area (Å²) in [4.78, 5) is 19.0. The van der Waals surface area contributed by atoms with Gasteiger partial charge in [0.2, 0.25) is 0 Å². The van der Waals surface area contributed by atoms with Crippen molar-refractivity contribution in [1.82, 2.24) is 10.3 Å². The monoisotopic (exact) mass is 371 g/mol. The zero-order valence-corrected chi connectivity index (χ0v) is 16.1. The molecule has 0 radical (unpaired) electrons. The summed E-state index contributed by atoms with van der Waals surface area (Å²) >= 11 is 3.30. The maximum atomic E-state index is 12.1. The number of hydrogen-bond donors (Lipinski definition) is 2. The number of carbonyl (C=O) groups excluding carboxylic acids is 1. The maximum absolute atomic E-state index is 12.1. The number of aromatic nitrogens is 1. The lowest BCUT2D eigenvalue weighted by molar-refractivity contribution is 0.252. The Morgan fingerprint density at radius 1 is 1.20 bits per heavy atom. The van der Waals surface area contributed by atoms with Gasteiger partial charge in [0.15, 0.2) is 0 Å². The number of anilines is 1. The lowest BCUT2D eigenvalue weighted by Crippen LogP contribution is -2.28. The maximum Gasteiger partial charge on any atom is 0.319 e. The van der Waals surface area contributed by atoms with Crippen LogP contribution in [0, 0.1) is 6.92 Å². The van der Waals surface area contributed by atoms with Gasteiger partial charge in [-0.3, -0.25) is 0 Å². The molecule has 1 aromatic carbocycles. The Morgan fingerprint density at radius 3 is 2.60 bits per heavy atom. The Morgan fingerprint density at radius 2 is 1.96 bits per heavy atom. The number of thiophene rings is 1. The standard InChI is InChI=1S/C19H21N3OS2/c1-12(2)14-6-8-15(9-7-14)22-19(23)20-11-17-13(3)21-18(25-17)16-5-4-10-24-16/h4-10,12H,11H2,1-3H3,(H2,20,22,23). The molecule has 0 saturated heterocycles. The van der Waals surface area contributed by atoms with Crippen molar-refractivity contribution >= 4 is 34.4 Å². The number of aryl methyl sites for hydroxylation is 1. The fourth-order valence-corrected chi connectivity index (χ4v) is 4.18. The molecule has 0 aliphatic rings. The zero-order chi connectivity index (χ0) is 17.8. The van der Waals surface area contributed by atoms with E-state index >= 15 is 0 Å². The summed E-state index contributed by atoms with van der Waals surface area (Å²) in [6, 6.07) is 11.8. The average Bonchev–Trinajstić information content (AvgIpc) is 3.23. The number of benzene rings is 1. The first-order valence-corrected chi connectivity index (χ1v) is 9.87. The molecular weight excluding hydrogens is 350 g/mol. The molecule has 0 atom stereocenters. The second-order valence-corrected chi connectivity index (χ2v) is 8.12. The number of carbonyl (C=O) groups is 1. The van der Waals surface area contributed by atoms with Crippen LogP contribution >= 0.6 is 22.7 Å². The predicted octanol–water partition coefficient (Wildman–Crippen LogP) is 5.63. The molecule has 130 valence electrons. The van der Waals surface area contributed by atoms with Crippen LogP contribution in [0.15, 0.2) is 41.8 Å². The van der Waals surface area contributed by atoms with Crippen molar-refractivity contribution in [2.24, 2.45) is 0 Å². The van der Waals surface area contributed by atoms with E-state index < -0.39 is 0 Å². The van der Waals surface area contributed by atoms with Crippen LogP contribution < -0.4 is 10.6 Å². The minimum atomic E-state index is -0.206. The second-order valence-electron chi connectivity index (χ2n) is 6.09. The van der Waals surface area contributed by atoms with Gasteiger partial charge >= 0.3 is 6.03 Å². The number of thiazole rings is 1. The van der Waals surface area contributed by atoms with E-state index in [0.29, 0.717) is 12.5 Å². The molecule has 2 amide bonds. The molecule has 0 saturated carbocycles. The highest BCUT2D eigenvalue weighted by molar-refractivity contribution is 7.21. The van der Waals surface area contributed by atoms with E-state index in [-0.39, 0.29) is 6.03 Å². The van der Waals surface area contributed by atoms with Gasteiger partial charge in [0.25, 0.3) is 0 Å². The van der Waals surface area contributed by atoms with Crippen LogP contribution in [0.4, 0.5) is 10.5 Å². The Kier molecular flexibility index (Phi) is 5.50. The molecule has 0 fully saturated rings. The van der Waals surface area contributed by atoms with Gasteiger partial charge in [0.05, 0.1) is 17.1 Å². The third-order valence-corrected chi connectivity index (χ3v) is 6.07. The molecule has 0 bridgehead atoms. The lowest BCUT2D eigenvalue weighted by atomic mass is 10.0. The van der Waals surface area contributed by atoms with Crippen molar-refractivity contribution < 1.29 is 4.79 Å². The Bertz CT molecular complexity index is 836. The molecule has 6 heteroatoms. The SMILES string of the molecule is Cc1nc(-c2cccs2)sc1CNC(=O)Nc1ccc(C(C)C)cc1. The highest BCUT2D eigenvalue weighted by Gasteiger charge is 2.11. The van der Waals surface area contributed by atoms with E-state index in [1.807, 2.05) is 42.6 Å². The fraction of sp³-hybridized carbons (Fsp3) is 0.263. The summed E-state index contributed by atoms with van der Waals surface area (Å²) in [5, 5.41) is 8.83. The Balaban J connectivity index is 1.57. The molecular formula is C19H21N3OS2. The predicted molar refractivity (Wildman–Crippen MR) is 107 cm³/mol. The van der Waals surface area contributed by atoms with Crippen molar-refractivity contribution in [3.8, 4) is 9.88 Å². The third-order valence-electron chi connectivity index (χ3n) is 3.87. The molecule has 0 aliphatic heterocycles. The van der Waals surface area contributed by atoms with E-state index in [2.05, 4.69) is 35.5 Å². The van der Waals surface area contributed by atoms with Crippen molar-refractivity contribution in [2.75, 3.05) is 5.32 Å². The van der Waals surface area contributed by atoms with E-state index in [1.54, 1.807) is 22.7 Å². The number of urea groups is 1. The average molecular weight is 372 g/mol. The Labute approximate surface area is 155 Å². The van der Waals surface area contributed by atoms with Crippen molar-refractivity contribution in [3.63, 3.8) is 0 Å². The van der Waals surface area contributed by atoms with Crippen molar-refractivity contribution in [3.05, 3.63) is 57.9 Å². The molecule has 3 aromatic rings. The summed E-state index contributed by atoms with van der Waals surface area (Å²) < 4.78 is 0. The van der Waals surface area contributed by atoms with Crippen LogP contribution in [-0.4, -0.2) is 11.0 Å². The van der Waals surface area contributed by atoms with Crippen LogP contribution in [0.2, 0.25) is 0 Å². The highest BCUT2D eigenvalue weighted by Crippen LogP contribution is 2.30. The van der Waals surface area contributed by atoms with Gasteiger partial charge in [0.1, 0.15) is 5.01 Å². The molecule has 2 aromatic heterocycles. The Hall–Kier alpha value is -2.18. The minimum Gasteiger partial charge on any atom is -0.333 e. The van der Waals surface area contributed by atoms with Gasteiger partial charge in [0, 0.05) is 10.6 Å². The van der Waals surface area contributed by atoms with E-state index in [0.717, 1.165) is 26.1 Å². The third kappa shape index (κ3) is 4.46. The summed E-state index contributed by atoms with van der Waals surface area (Å²) in [5.41, 5.74) is 3.02. The molecule has 2 heterocycles. The van der Waals surface area contributed by atoms with Crippen LogP contribution in [0.1, 0.15) is 35.9 Å². The highest BCUT2D eigenvalue weighted by atomic mass is 32.1. The summed E-state index contributed by atoms with van der Waals surface area (Å²) in [5.74, 6) is 0.481. The first-order valence-electron chi connectivity index (χ1n) is 8.18. The van der Waals surface area contributed by atoms with Crippen molar-refractivity contribution in [1.29, 1.82) is 0 Å². The van der Waals surface area contributed by atoms with Gasteiger partial charge in [-0.1, -0.05) is 32.0 Å². The van der Waals surface area contributed by atoms with E-state index in [4.69, 9.17) is 0 Å². The second kappa shape index (κ2) is 7.80. The smallest absolute Gasteiger partial charge is 0.319 e. The van der Waals surface area contributed by atoms with Gasteiger partial charge in [-0.15, -0.1) is 22.7 Å². The minimum absolute atomic E-state index is 0.206. The number of hydrogen-bond acceptors (Lipinski definition) is 4. The largest absolute Gasteiger partial charge is 0.333 e. The van der Waals surface area contributed by atoms with E-state index in [1.165, 1.54) is 5.56 Å². The van der Waals surface area contributed by atoms with E-state index in [9.17, 15) is 4.79 Å². The molecule has 0 unspecified atom stereocenters. The molecule has 25 heavy (non-hydrogen) atoms. The van der Waals surface area contributed by atoms with Crippen LogP contribution in [0.5, 0.6) is 0 Å². The number of amides is 2. The van der Waals surface area contributed by atoms with Crippen molar-refractivity contribution in [2.45, 2.75) is 33.2 Å². The number of nitrogens with one attached hydrogen (secondary N) is 2. The van der Waals surface area contributed by atoms with Gasteiger partial charge in [-0.05, 0) is 42.0 Å². The topological polar surface area (TPSA) is 54.0 Å². The number of nitrogens with zero attached hydrogens (tertiary/aromatic N) is 1. The normalized spacial score (nSPS) is 10.9. The molecule has 2 N–H and O–H groups in total. The quantitative estimate of drug-likeness (QED) is 0.611. The summed E-state index contributed by atoms with van der Waals surface area (Å²) in [6.45, 7) is 6.76. The summed E-state index contributed by atoms with van der Waals surface area (Å²) in [7, 11) is 0. The first kappa shape index (κ1) is 17.6. The molecule has 0 spiro atoms. The van der Waals surface area contributed by atoms with Gasteiger partial charge in [-0.2, -0.15) is 0 Å². The summed E-state index contributed by atoms with van der Waals surface area (Å²) in [6.07, 6.45) is 0. The zero-order valence-electron chi connectivity index (χ0n) is 14.5. The first-order chi connectivity index (χ1) is 12.0. The molecule has 4 nitrogen and oxygen atoms in total. The number of rotatable bonds is 5. The molecule has 0 aliphatic carbocycles. The van der Waals surface area contributed by atoms with Crippen LogP contribution in [-0.2, 0) is 6.54 Å². The lowest BCUT2D eigenvalue weighted by Gasteiger charge is -2.09. The molecule has 3 rings (SSSR count). The van der Waals surface area contributed by atoms with Gasteiger partial charge < -0.3 is 10.6 Å². The fourth-order valence-electron chi connectivity index (χ4n) is 2.38.